The van der Waals surface area contributed by atoms with Crippen LogP contribution in [0.1, 0.15) is 17.2 Å². The maximum atomic E-state index is 12.3. The van der Waals surface area contributed by atoms with E-state index >= 15 is 0 Å². The number of hydrogen-bond acceptors (Lipinski definition) is 3. The average Bonchev–Trinajstić information content (AvgIpc) is 2.69. The van der Waals surface area contributed by atoms with E-state index in [0.717, 1.165) is 18.7 Å². The van der Waals surface area contributed by atoms with Crippen molar-refractivity contribution in [2.45, 2.75) is 12.7 Å². The molecule has 0 bridgehead atoms. The van der Waals surface area contributed by atoms with Gasteiger partial charge in [-0.2, -0.15) is 8.78 Å². The van der Waals surface area contributed by atoms with Crippen LogP contribution >= 0.6 is 43.2 Å². The van der Waals surface area contributed by atoms with Crippen LogP contribution < -0.4 is 10.1 Å². The molecule has 0 spiro atoms. The highest BCUT2D eigenvalue weighted by molar-refractivity contribution is 9.12. The molecule has 0 aliphatic rings. The highest BCUT2D eigenvalue weighted by Gasteiger charge is 2.18. The number of nitrogens with one attached hydrogen (secondary N) is 1. The Hall–Kier alpha value is -0.500. The molecule has 2 aromatic rings. The first kappa shape index (κ1) is 15.9. The van der Waals surface area contributed by atoms with Gasteiger partial charge in [0, 0.05) is 0 Å². The van der Waals surface area contributed by atoms with Crippen LogP contribution in [0, 0.1) is 0 Å². The summed E-state index contributed by atoms with van der Waals surface area (Å²) in [6, 6.07) is 8.60. The predicted octanol–water partition coefficient (Wildman–Crippen LogP) is 5.18. The molecule has 2 rings (SSSR count). The summed E-state index contributed by atoms with van der Waals surface area (Å²) in [7, 11) is 1.82. The van der Waals surface area contributed by atoms with Gasteiger partial charge in [0.15, 0.2) is 0 Å². The summed E-state index contributed by atoms with van der Waals surface area (Å²) >= 11 is 8.51. The fraction of sp³-hybridized carbons (Fsp3) is 0.231. The van der Waals surface area contributed by atoms with E-state index in [4.69, 9.17) is 0 Å². The average molecular weight is 427 g/mol. The van der Waals surface area contributed by atoms with Gasteiger partial charge in [-0.3, -0.25) is 0 Å². The Bertz CT molecular complexity index is 592. The Morgan fingerprint density at radius 1 is 1.25 bits per heavy atom. The summed E-state index contributed by atoms with van der Waals surface area (Å²) in [6.45, 7) is -2.82. The lowest BCUT2D eigenvalue weighted by molar-refractivity contribution is -0.0498. The predicted molar refractivity (Wildman–Crippen MR) is 83.7 cm³/mol. The van der Waals surface area contributed by atoms with E-state index in [9.17, 15) is 8.78 Å². The van der Waals surface area contributed by atoms with Gasteiger partial charge in [0.25, 0.3) is 0 Å². The van der Waals surface area contributed by atoms with Crippen LogP contribution in [0.25, 0.3) is 0 Å². The molecule has 0 saturated heterocycles. The molecule has 108 valence electrons. The van der Waals surface area contributed by atoms with Crippen LogP contribution in [0.5, 0.6) is 5.75 Å². The third-order valence-corrected chi connectivity index (χ3v) is 5.09. The minimum atomic E-state index is -2.82. The van der Waals surface area contributed by atoms with Crippen molar-refractivity contribution in [3.05, 3.63) is 49.0 Å². The standard InChI is InChI=1S/C13H11Br2F2NOS/c1-18-11(9-6-10(14)20-12(9)15)7-3-2-4-8(5-7)19-13(16)17/h2-6,11,13,18H,1H3. The number of hydrogen-bond donors (Lipinski definition) is 1. The van der Waals surface area contributed by atoms with Crippen LogP contribution in [0.4, 0.5) is 8.78 Å². The van der Waals surface area contributed by atoms with Crippen molar-refractivity contribution in [3.8, 4) is 5.75 Å². The molecule has 20 heavy (non-hydrogen) atoms. The minimum absolute atomic E-state index is 0.104. The Kier molecular flexibility index (Phi) is 5.54. The van der Waals surface area contributed by atoms with E-state index < -0.39 is 6.61 Å². The van der Waals surface area contributed by atoms with E-state index in [1.807, 2.05) is 19.2 Å². The summed E-state index contributed by atoms with van der Waals surface area (Å²) < 4.78 is 31.0. The lowest BCUT2D eigenvalue weighted by Crippen LogP contribution is -2.17. The van der Waals surface area contributed by atoms with Crippen molar-refractivity contribution < 1.29 is 13.5 Å². The van der Waals surface area contributed by atoms with E-state index in [1.54, 1.807) is 23.5 Å². The van der Waals surface area contributed by atoms with Gasteiger partial charge in [-0.15, -0.1) is 11.3 Å². The zero-order valence-corrected chi connectivity index (χ0v) is 14.4. The molecule has 1 unspecified atom stereocenters. The molecule has 1 atom stereocenters. The second-order valence-corrected chi connectivity index (χ2v) is 7.70. The van der Waals surface area contributed by atoms with Gasteiger partial charge in [0.2, 0.25) is 0 Å². The number of alkyl halides is 2. The molecule has 7 heteroatoms. The normalized spacial score (nSPS) is 12.7. The van der Waals surface area contributed by atoms with Gasteiger partial charge in [-0.25, -0.2) is 0 Å². The van der Waals surface area contributed by atoms with E-state index in [1.165, 1.54) is 6.07 Å². The Morgan fingerprint density at radius 2 is 2.00 bits per heavy atom. The molecule has 1 aromatic heterocycles. The highest BCUT2D eigenvalue weighted by atomic mass is 79.9. The largest absolute Gasteiger partial charge is 0.435 e. The first-order valence-corrected chi connectivity index (χ1v) is 8.08. The van der Waals surface area contributed by atoms with E-state index in [2.05, 4.69) is 41.9 Å². The first-order valence-electron chi connectivity index (χ1n) is 5.68. The van der Waals surface area contributed by atoms with Crippen LogP contribution in [-0.4, -0.2) is 13.7 Å². The van der Waals surface area contributed by atoms with E-state index in [-0.39, 0.29) is 11.8 Å². The van der Waals surface area contributed by atoms with Crippen molar-refractivity contribution >= 4 is 43.2 Å². The third kappa shape index (κ3) is 3.78. The number of benzene rings is 1. The maximum Gasteiger partial charge on any atom is 0.387 e. The van der Waals surface area contributed by atoms with E-state index in [0.29, 0.717) is 0 Å². The Morgan fingerprint density at radius 3 is 2.55 bits per heavy atom. The molecule has 1 heterocycles. The molecule has 0 fully saturated rings. The summed E-state index contributed by atoms with van der Waals surface area (Å²) in [4.78, 5) is 0. The zero-order valence-electron chi connectivity index (χ0n) is 10.4. The molecule has 1 N–H and O–H groups in total. The van der Waals surface area contributed by atoms with Crippen molar-refractivity contribution in [3.63, 3.8) is 0 Å². The number of ether oxygens (including phenoxy) is 1. The fourth-order valence-corrected chi connectivity index (χ4v) is 4.82. The van der Waals surface area contributed by atoms with Crippen molar-refractivity contribution in [1.29, 1.82) is 0 Å². The molecule has 0 amide bonds. The topological polar surface area (TPSA) is 21.3 Å². The van der Waals surface area contributed by atoms with Crippen LogP contribution in [0.15, 0.2) is 37.9 Å². The second-order valence-electron chi connectivity index (χ2n) is 3.95. The highest BCUT2D eigenvalue weighted by Crippen LogP contribution is 2.38. The molecule has 1 aromatic carbocycles. The number of rotatable bonds is 5. The van der Waals surface area contributed by atoms with Gasteiger partial charge in [-0.05, 0) is 68.2 Å². The van der Waals surface area contributed by atoms with Crippen molar-refractivity contribution in [2.75, 3.05) is 7.05 Å². The molecule has 2 nitrogen and oxygen atoms in total. The molecular weight excluding hydrogens is 416 g/mol. The van der Waals surface area contributed by atoms with Crippen LogP contribution in [0.2, 0.25) is 0 Å². The smallest absolute Gasteiger partial charge is 0.387 e. The van der Waals surface area contributed by atoms with Crippen LogP contribution in [-0.2, 0) is 0 Å². The monoisotopic (exact) mass is 425 g/mol. The third-order valence-electron chi connectivity index (χ3n) is 2.70. The lowest BCUT2D eigenvalue weighted by Gasteiger charge is -2.17. The van der Waals surface area contributed by atoms with Gasteiger partial charge in [0.1, 0.15) is 5.75 Å². The van der Waals surface area contributed by atoms with Gasteiger partial charge >= 0.3 is 6.61 Å². The fourth-order valence-electron chi connectivity index (χ4n) is 1.92. The summed E-state index contributed by atoms with van der Waals surface area (Å²) in [5.41, 5.74) is 1.90. The number of halogens is 4. The van der Waals surface area contributed by atoms with Crippen LogP contribution in [0.3, 0.4) is 0 Å². The zero-order chi connectivity index (χ0) is 14.7. The molecule has 0 saturated carbocycles. The van der Waals surface area contributed by atoms with Crippen molar-refractivity contribution in [2.24, 2.45) is 0 Å². The molecular formula is C13H11Br2F2NOS. The SMILES string of the molecule is CNC(c1cccc(OC(F)F)c1)c1cc(Br)sc1Br. The number of thiophene rings is 1. The van der Waals surface area contributed by atoms with Gasteiger partial charge in [0.05, 0.1) is 13.6 Å². The quantitative estimate of drug-likeness (QED) is 0.710. The molecule has 0 aliphatic heterocycles. The molecule has 0 aliphatic carbocycles. The minimum Gasteiger partial charge on any atom is -0.435 e. The van der Waals surface area contributed by atoms with Crippen molar-refractivity contribution in [1.82, 2.24) is 5.32 Å². The first-order chi connectivity index (χ1) is 9.51. The lowest BCUT2D eigenvalue weighted by atomic mass is 10.0. The summed E-state index contributed by atoms with van der Waals surface area (Å²) in [5, 5.41) is 3.18. The summed E-state index contributed by atoms with van der Waals surface area (Å²) in [5.74, 6) is 0.156. The second kappa shape index (κ2) is 6.98. The Labute approximate surface area is 136 Å². The van der Waals surface area contributed by atoms with Gasteiger partial charge < -0.3 is 10.1 Å². The molecule has 0 radical (unpaired) electrons. The summed E-state index contributed by atoms with van der Waals surface area (Å²) in [6.07, 6.45) is 0. The Balaban J connectivity index is 2.34. The van der Waals surface area contributed by atoms with Gasteiger partial charge in [-0.1, -0.05) is 12.1 Å². The maximum absolute atomic E-state index is 12.3.